The fourth-order valence-corrected chi connectivity index (χ4v) is 3.75. The van der Waals surface area contributed by atoms with Crippen molar-refractivity contribution in [2.75, 3.05) is 19.3 Å². The fourth-order valence-electron chi connectivity index (χ4n) is 2.96. The standard InChI is InChI=1S/C15H21N5O2S/c1-23(21,22)18-13-6-5-9-19(10-13)11-15-16-12-17-20(15)14-7-3-2-4-8-14/h2-4,7-8,12-13,18H,5-6,9-11H2,1H3/t13-/m0/s1. The molecule has 1 aromatic carbocycles. The van der Waals surface area contributed by atoms with Crippen molar-refractivity contribution in [1.29, 1.82) is 0 Å². The molecular weight excluding hydrogens is 314 g/mol. The number of likely N-dealkylation sites (tertiary alicyclic amines) is 1. The van der Waals surface area contributed by atoms with Gasteiger partial charge in [-0.25, -0.2) is 22.8 Å². The van der Waals surface area contributed by atoms with Gasteiger partial charge in [-0.1, -0.05) is 18.2 Å². The second-order valence-electron chi connectivity index (χ2n) is 5.89. The monoisotopic (exact) mass is 335 g/mol. The molecule has 7 nitrogen and oxygen atoms in total. The van der Waals surface area contributed by atoms with E-state index in [0.717, 1.165) is 30.9 Å². The summed E-state index contributed by atoms with van der Waals surface area (Å²) in [6, 6.07) is 9.84. The number of nitrogens with zero attached hydrogens (tertiary/aromatic N) is 4. The predicted octanol–water partition coefficient (Wildman–Crippen LogP) is 0.781. The van der Waals surface area contributed by atoms with E-state index in [1.807, 2.05) is 35.0 Å². The average Bonchev–Trinajstić information content (AvgIpc) is 2.95. The molecule has 0 amide bonds. The van der Waals surface area contributed by atoms with Crippen LogP contribution in [0.4, 0.5) is 0 Å². The van der Waals surface area contributed by atoms with E-state index in [-0.39, 0.29) is 6.04 Å². The maximum atomic E-state index is 11.4. The summed E-state index contributed by atoms with van der Waals surface area (Å²) in [6.07, 6.45) is 4.60. The van der Waals surface area contributed by atoms with Crippen LogP contribution in [0, 0.1) is 0 Å². The molecule has 8 heteroatoms. The van der Waals surface area contributed by atoms with E-state index in [9.17, 15) is 8.42 Å². The Balaban J connectivity index is 1.69. The maximum Gasteiger partial charge on any atom is 0.208 e. The van der Waals surface area contributed by atoms with Gasteiger partial charge in [0.1, 0.15) is 12.2 Å². The molecule has 0 bridgehead atoms. The highest BCUT2D eigenvalue weighted by molar-refractivity contribution is 7.88. The zero-order chi connectivity index (χ0) is 16.3. The molecule has 3 rings (SSSR count). The van der Waals surface area contributed by atoms with E-state index >= 15 is 0 Å². The molecule has 2 aromatic rings. The first kappa shape index (κ1) is 16.1. The second kappa shape index (κ2) is 6.77. The second-order valence-corrected chi connectivity index (χ2v) is 7.67. The first-order valence-electron chi connectivity index (χ1n) is 7.65. The van der Waals surface area contributed by atoms with Crippen LogP contribution in [0.1, 0.15) is 18.7 Å². The van der Waals surface area contributed by atoms with Crippen LogP contribution in [-0.4, -0.2) is 53.5 Å². The zero-order valence-corrected chi connectivity index (χ0v) is 13.9. The number of nitrogens with one attached hydrogen (secondary N) is 1. The van der Waals surface area contributed by atoms with Gasteiger partial charge < -0.3 is 0 Å². The number of benzene rings is 1. The molecule has 1 aliphatic rings. The zero-order valence-electron chi connectivity index (χ0n) is 13.1. The van der Waals surface area contributed by atoms with Crippen molar-refractivity contribution in [1.82, 2.24) is 24.4 Å². The summed E-state index contributed by atoms with van der Waals surface area (Å²) in [4.78, 5) is 6.58. The van der Waals surface area contributed by atoms with Crippen molar-refractivity contribution >= 4 is 10.0 Å². The minimum absolute atomic E-state index is 0.0353. The fraction of sp³-hybridized carbons (Fsp3) is 0.467. The van der Waals surface area contributed by atoms with E-state index in [4.69, 9.17) is 0 Å². The molecule has 1 saturated heterocycles. The van der Waals surface area contributed by atoms with Gasteiger partial charge in [0.15, 0.2) is 0 Å². The van der Waals surface area contributed by atoms with Crippen molar-refractivity contribution < 1.29 is 8.42 Å². The van der Waals surface area contributed by atoms with Gasteiger partial charge >= 0.3 is 0 Å². The van der Waals surface area contributed by atoms with Crippen LogP contribution in [0.25, 0.3) is 5.69 Å². The molecule has 2 heterocycles. The maximum absolute atomic E-state index is 11.4. The highest BCUT2D eigenvalue weighted by Crippen LogP contribution is 2.15. The third-order valence-corrected chi connectivity index (χ3v) is 4.63. The minimum Gasteiger partial charge on any atom is -0.294 e. The molecule has 0 aliphatic carbocycles. The number of rotatable bonds is 5. The van der Waals surface area contributed by atoms with Crippen LogP contribution in [0.2, 0.25) is 0 Å². The van der Waals surface area contributed by atoms with E-state index in [0.29, 0.717) is 13.1 Å². The molecule has 1 atom stereocenters. The van der Waals surface area contributed by atoms with Gasteiger partial charge in [-0.3, -0.25) is 4.90 Å². The smallest absolute Gasteiger partial charge is 0.208 e. The summed E-state index contributed by atoms with van der Waals surface area (Å²) in [5.41, 5.74) is 0.975. The van der Waals surface area contributed by atoms with Crippen LogP contribution in [0.3, 0.4) is 0 Å². The Kier molecular flexibility index (Phi) is 4.74. The topological polar surface area (TPSA) is 80.1 Å². The number of aromatic nitrogens is 3. The van der Waals surface area contributed by atoms with E-state index in [1.54, 1.807) is 6.33 Å². The Bertz CT molecular complexity index is 744. The Hall–Kier alpha value is -1.77. The average molecular weight is 335 g/mol. The van der Waals surface area contributed by atoms with E-state index < -0.39 is 10.0 Å². The lowest BCUT2D eigenvalue weighted by Crippen LogP contribution is -2.47. The van der Waals surface area contributed by atoms with Gasteiger partial charge in [0, 0.05) is 12.6 Å². The number of piperidine rings is 1. The highest BCUT2D eigenvalue weighted by Gasteiger charge is 2.23. The molecule has 0 saturated carbocycles. The lowest BCUT2D eigenvalue weighted by molar-refractivity contribution is 0.189. The SMILES string of the molecule is CS(=O)(=O)N[C@H]1CCCN(Cc2ncnn2-c2ccccc2)C1. The number of hydrogen-bond acceptors (Lipinski definition) is 5. The van der Waals surface area contributed by atoms with Crippen molar-refractivity contribution in [2.24, 2.45) is 0 Å². The lowest BCUT2D eigenvalue weighted by atomic mass is 10.1. The number of sulfonamides is 1. The quantitative estimate of drug-likeness (QED) is 0.873. The summed E-state index contributed by atoms with van der Waals surface area (Å²) >= 11 is 0. The van der Waals surface area contributed by atoms with Crippen LogP contribution in [0.15, 0.2) is 36.7 Å². The Morgan fingerprint density at radius 3 is 2.83 bits per heavy atom. The summed E-state index contributed by atoms with van der Waals surface area (Å²) in [5, 5.41) is 4.30. The van der Waals surface area contributed by atoms with Gasteiger partial charge in [0.05, 0.1) is 18.5 Å². The minimum atomic E-state index is -3.17. The van der Waals surface area contributed by atoms with Crippen molar-refractivity contribution in [3.63, 3.8) is 0 Å². The molecule has 1 aliphatic heterocycles. The molecule has 1 fully saturated rings. The van der Waals surface area contributed by atoms with Crippen LogP contribution in [-0.2, 0) is 16.6 Å². The summed E-state index contributed by atoms with van der Waals surface area (Å²) in [6.45, 7) is 2.27. The molecule has 124 valence electrons. The number of para-hydroxylation sites is 1. The molecule has 0 spiro atoms. The lowest BCUT2D eigenvalue weighted by Gasteiger charge is -2.32. The molecule has 1 aromatic heterocycles. The van der Waals surface area contributed by atoms with Crippen LogP contribution >= 0.6 is 0 Å². The Morgan fingerprint density at radius 2 is 2.09 bits per heavy atom. The first-order valence-corrected chi connectivity index (χ1v) is 9.54. The Labute approximate surface area is 136 Å². The first-order chi connectivity index (χ1) is 11.0. The Morgan fingerprint density at radius 1 is 1.30 bits per heavy atom. The normalized spacial score (nSPS) is 19.8. The van der Waals surface area contributed by atoms with Gasteiger partial charge in [-0.05, 0) is 31.5 Å². The predicted molar refractivity (Wildman–Crippen MR) is 87.6 cm³/mol. The van der Waals surface area contributed by atoms with Gasteiger partial charge in [0.25, 0.3) is 0 Å². The van der Waals surface area contributed by atoms with Crippen molar-refractivity contribution in [3.8, 4) is 5.69 Å². The molecule has 0 radical (unpaired) electrons. The summed E-state index contributed by atoms with van der Waals surface area (Å²) in [7, 11) is -3.17. The number of hydrogen-bond donors (Lipinski definition) is 1. The van der Waals surface area contributed by atoms with E-state index in [1.165, 1.54) is 6.26 Å². The largest absolute Gasteiger partial charge is 0.294 e. The molecule has 0 unspecified atom stereocenters. The third kappa shape index (κ3) is 4.37. The third-order valence-electron chi connectivity index (χ3n) is 3.87. The summed E-state index contributed by atoms with van der Waals surface area (Å²) in [5.74, 6) is 0.858. The molecule has 23 heavy (non-hydrogen) atoms. The van der Waals surface area contributed by atoms with Gasteiger partial charge in [0.2, 0.25) is 10.0 Å². The van der Waals surface area contributed by atoms with E-state index in [2.05, 4.69) is 19.7 Å². The highest BCUT2D eigenvalue weighted by atomic mass is 32.2. The molecule has 1 N–H and O–H groups in total. The van der Waals surface area contributed by atoms with Gasteiger partial charge in [-0.2, -0.15) is 5.10 Å². The summed E-state index contributed by atoms with van der Waals surface area (Å²) < 4.78 is 27.3. The van der Waals surface area contributed by atoms with Crippen LogP contribution in [0.5, 0.6) is 0 Å². The van der Waals surface area contributed by atoms with Crippen molar-refractivity contribution in [3.05, 3.63) is 42.5 Å². The van der Waals surface area contributed by atoms with Crippen molar-refractivity contribution in [2.45, 2.75) is 25.4 Å². The van der Waals surface area contributed by atoms with Crippen LogP contribution < -0.4 is 4.72 Å². The molecular formula is C15H21N5O2S. The van der Waals surface area contributed by atoms with Gasteiger partial charge in [-0.15, -0.1) is 0 Å².